The molecule has 0 aliphatic carbocycles. The van der Waals surface area contributed by atoms with Crippen LogP contribution in [0.25, 0.3) is 16.7 Å². The van der Waals surface area contributed by atoms with Gasteiger partial charge in [-0.05, 0) is 37.3 Å². The number of hydrogen-bond donors (Lipinski definition) is 0. The van der Waals surface area contributed by atoms with Crippen molar-refractivity contribution in [3.63, 3.8) is 0 Å². The van der Waals surface area contributed by atoms with Crippen LogP contribution >= 0.6 is 0 Å². The zero-order valence-corrected chi connectivity index (χ0v) is 9.01. The monoisotopic (exact) mass is 207 g/mol. The minimum absolute atomic E-state index is 0.990. The van der Waals surface area contributed by atoms with Crippen molar-refractivity contribution < 1.29 is 0 Å². The largest absolute Gasteiger partial charge is 0.297 e. The van der Waals surface area contributed by atoms with Crippen LogP contribution in [0, 0.1) is 13.0 Å². The van der Waals surface area contributed by atoms with E-state index in [-0.39, 0.29) is 0 Å². The molecule has 2 aromatic carbocycles. The number of para-hydroxylation sites is 1. The molecule has 2 nitrogen and oxygen atoms in total. The Morgan fingerprint density at radius 1 is 1.12 bits per heavy atom. The van der Waals surface area contributed by atoms with Crippen LogP contribution < -0.4 is 0 Å². The Kier molecular flexibility index (Phi) is 2.00. The average molecular weight is 207 g/mol. The van der Waals surface area contributed by atoms with Crippen LogP contribution in [0.1, 0.15) is 5.82 Å². The van der Waals surface area contributed by atoms with E-state index in [2.05, 4.69) is 27.8 Å². The third kappa shape index (κ3) is 1.31. The molecule has 3 aromatic rings. The lowest BCUT2D eigenvalue weighted by atomic mass is 10.3. The SMILES string of the molecule is Cc1nc2c[c]ccc2n1-c1ccccc1. The Balaban J connectivity index is 2.35. The molecule has 0 amide bonds. The first-order chi connectivity index (χ1) is 7.86. The molecule has 77 valence electrons. The van der Waals surface area contributed by atoms with Gasteiger partial charge in [-0.1, -0.05) is 24.3 Å². The fourth-order valence-corrected chi connectivity index (χ4v) is 1.99. The number of imidazole rings is 1. The molecule has 3 rings (SSSR count). The zero-order chi connectivity index (χ0) is 11.0. The molecule has 0 fully saturated rings. The van der Waals surface area contributed by atoms with Crippen LogP contribution in [0.3, 0.4) is 0 Å². The minimum Gasteiger partial charge on any atom is -0.297 e. The molecule has 0 saturated heterocycles. The van der Waals surface area contributed by atoms with Crippen LogP contribution in [0.5, 0.6) is 0 Å². The van der Waals surface area contributed by atoms with Crippen LogP contribution in [0.15, 0.2) is 48.5 Å². The summed E-state index contributed by atoms with van der Waals surface area (Å²) in [4.78, 5) is 4.52. The molecular formula is C14H11N2. The first-order valence-electron chi connectivity index (χ1n) is 5.27. The Hall–Kier alpha value is -2.09. The van der Waals surface area contributed by atoms with Gasteiger partial charge in [-0.15, -0.1) is 0 Å². The average Bonchev–Trinajstić information content (AvgIpc) is 2.66. The Morgan fingerprint density at radius 2 is 1.94 bits per heavy atom. The van der Waals surface area contributed by atoms with E-state index >= 15 is 0 Å². The third-order valence-electron chi connectivity index (χ3n) is 2.68. The summed E-state index contributed by atoms with van der Waals surface area (Å²) < 4.78 is 2.16. The molecule has 16 heavy (non-hydrogen) atoms. The first-order valence-corrected chi connectivity index (χ1v) is 5.27. The van der Waals surface area contributed by atoms with Gasteiger partial charge in [-0.3, -0.25) is 4.57 Å². The molecule has 0 N–H and O–H groups in total. The third-order valence-corrected chi connectivity index (χ3v) is 2.68. The van der Waals surface area contributed by atoms with E-state index in [1.165, 1.54) is 0 Å². The number of aromatic nitrogens is 2. The molecule has 0 aliphatic rings. The number of rotatable bonds is 1. The lowest BCUT2D eigenvalue weighted by molar-refractivity contribution is 1.00. The lowest BCUT2D eigenvalue weighted by Crippen LogP contribution is -1.95. The molecule has 1 heterocycles. The highest BCUT2D eigenvalue weighted by Gasteiger charge is 2.07. The summed E-state index contributed by atoms with van der Waals surface area (Å²) in [6.45, 7) is 2.02. The van der Waals surface area contributed by atoms with Gasteiger partial charge in [0.05, 0.1) is 11.0 Å². The van der Waals surface area contributed by atoms with Crippen molar-refractivity contribution >= 4 is 11.0 Å². The Labute approximate surface area is 94.2 Å². The van der Waals surface area contributed by atoms with E-state index in [4.69, 9.17) is 0 Å². The molecule has 0 bridgehead atoms. The number of fused-ring (bicyclic) bond motifs is 1. The lowest BCUT2D eigenvalue weighted by Gasteiger charge is -2.05. The topological polar surface area (TPSA) is 17.8 Å². The maximum Gasteiger partial charge on any atom is 0.111 e. The van der Waals surface area contributed by atoms with E-state index in [0.29, 0.717) is 0 Å². The van der Waals surface area contributed by atoms with Crippen LogP contribution in [0.2, 0.25) is 0 Å². The predicted molar refractivity (Wildman–Crippen MR) is 64.6 cm³/mol. The van der Waals surface area contributed by atoms with Gasteiger partial charge in [0.1, 0.15) is 5.82 Å². The summed E-state index contributed by atoms with van der Waals surface area (Å²) >= 11 is 0. The first kappa shape index (κ1) is 9.16. The van der Waals surface area contributed by atoms with E-state index in [9.17, 15) is 0 Å². The van der Waals surface area contributed by atoms with Gasteiger partial charge in [0.25, 0.3) is 0 Å². The summed E-state index contributed by atoms with van der Waals surface area (Å²) in [6.07, 6.45) is 0. The summed E-state index contributed by atoms with van der Waals surface area (Å²) in [5.74, 6) is 1.00. The van der Waals surface area contributed by atoms with Gasteiger partial charge in [-0.2, -0.15) is 0 Å². The predicted octanol–water partition coefficient (Wildman–Crippen LogP) is 3.13. The second-order valence-corrected chi connectivity index (χ2v) is 3.74. The summed E-state index contributed by atoms with van der Waals surface area (Å²) in [7, 11) is 0. The maximum absolute atomic E-state index is 4.52. The van der Waals surface area contributed by atoms with E-state index < -0.39 is 0 Å². The van der Waals surface area contributed by atoms with Crippen LogP contribution in [0.4, 0.5) is 0 Å². The van der Waals surface area contributed by atoms with E-state index in [1.54, 1.807) is 0 Å². The quantitative estimate of drug-likeness (QED) is 0.599. The molecule has 0 aliphatic heterocycles. The van der Waals surface area contributed by atoms with Crippen LogP contribution in [-0.2, 0) is 0 Å². The second kappa shape index (κ2) is 3.49. The van der Waals surface area contributed by atoms with Crippen LogP contribution in [-0.4, -0.2) is 9.55 Å². The molecule has 0 spiro atoms. The van der Waals surface area contributed by atoms with Crippen molar-refractivity contribution in [2.45, 2.75) is 6.92 Å². The number of benzene rings is 2. The van der Waals surface area contributed by atoms with Crippen molar-refractivity contribution in [2.24, 2.45) is 0 Å². The highest BCUT2D eigenvalue weighted by atomic mass is 15.1. The molecule has 1 aromatic heterocycles. The van der Waals surface area contributed by atoms with Gasteiger partial charge in [0, 0.05) is 5.69 Å². The van der Waals surface area contributed by atoms with Crippen molar-refractivity contribution in [3.05, 3.63) is 60.4 Å². The van der Waals surface area contributed by atoms with Gasteiger partial charge in [0.15, 0.2) is 0 Å². The molecule has 0 saturated carbocycles. The number of nitrogens with zero attached hydrogens (tertiary/aromatic N) is 2. The van der Waals surface area contributed by atoms with Crippen molar-refractivity contribution in [2.75, 3.05) is 0 Å². The van der Waals surface area contributed by atoms with Crippen molar-refractivity contribution in [1.82, 2.24) is 9.55 Å². The summed E-state index contributed by atoms with van der Waals surface area (Å²) in [5, 5.41) is 0. The molecular weight excluding hydrogens is 196 g/mol. The van der Waals surface area contributed by atoms with E-state index in [1.807, 2.05) is 43.3 Å². The fourth-order valence-electron chi connectivity index (χ4n) is 1.99. The normalized spacial score (nSPS) is 10.8. The minimum atomic E-state index is 0.990. The highest BCUT2D eigenvalue weighted by molar-refractivity contribution is 5.77. The van der Waals surface area contributed by atoms with Gasteiger partial charge >= 0.3 is 0 Å². The maximum atomic E-state index is 4.52. The number of aryl methyl sites for hydroxylation is 1. The van der Waals surface area contributed by atoms with Gasteiger partial charge in [0.2, 0.25) is 0 Å². The zero-order valence-electron chi connectivity index (χ0n) is 9.01. The fraction of sp³-hybridized carbons (Fsp3) is 0.0714. The summed E-state index contributed by atoms with van der Waals surface area (Å²) in [6, 6.07) is 19.2. The number of hydrogen-bond acceptors (Lipinski definition) is 1. The smallest absolute Gasteiger partial charge is 0.111 e. The Morgan fingerprint density at radius 3 is 2.75 bits per heavy atom. The molecule has 2 heteroatoms. The summed E-state index contributed by atoms with van der Waals surface area (Å²) in [5.41, 5.74) is 3.26. The molecule has 1 radical (unpaired) electrons. The Bertz CT molecular complexity index is 624. The van der Waals surface area contributed by atoms with Gasteiger partial charge in [-0.25, -0.2) is 4.98 Å². The molecule has 0 unspecified atom stereocenters. The van der Waals surface area contributed by atoms with Crippen molar-refractivity contribution in [3.8, 4) is 5.69 Å². The van der Waals surface area contributed by atoms with Gasteiger partial charge < -0.3 is 0 Å². The van der Waals surface area contributed by atoms with E-state index in [0.717, 1.165) is 22.5 Å². The second-order valence-electron chi connectivity index (χ2n) is 3.74. The standard InChI is InChI=1S/C14H11N2/c1-11-15-13-9-5-6-10-14(13)16(11)12-7-3-2-4-8-12/h2-4,6-10H,1H3. The van der Waals surface area contributed by atoms with Crippen molar-refractivity contribution in [1.29, 1.82) is 0 Å². The molecule has 0 atom stereocenters. The highest BCUT2D eigenvalue weighted by Crippen LogP contribution is 2.20.